The predicted molar refractivity (Wildman–Crippen MR) is 57.4 cm³/mol. The topological polar surface area (TPSA) is 56.0 Å². The van der Waals surface area contributed by atoms with Crippen molar-refractivity contribution in [2.45, 2.75) is 0 Å². The van der Waals surface area contributed by atoms with Crippen LogP contribution in [-0.4, -0.2) is 40.4 Å². The number of nitrogens with zero attached hydrogens (tertiary/aromatic N) is 1. The van der Waals surface area contributed by atoms with E-state index in [1.54, 1.807) is 6.07 Å². The van der Waals surface area contributed by atoms with Crippen LogP contribution in [-0.2, 0) is 0 Å². The molecular weight excluding hydrogens is 187 g/mol. The Balaban J connectivity index is 0.000000980. The van der Waals surface area contributed by atoms with Crippen molar-refractivity contribution >= 4 is 46.4 Å². The zero-order valence-corrected chi connectivity index (χ0v) is 6.90. The number of hydrogen-bond donors (Lipinski definition) is 1. The summed E-state index contributed by atoms with van der Waals surface area (Å²) in [5.41, 5.74) is 6.20. The van der Waals surface area contributed by atoms with Gasteiger partial charge in [0, 0.05) is 5.39 Å². The molecule has 0 unspecified atom stereocenters. The van der Waals surface area contributed by atoms with E-state index in [0.29, 0.717) is 5.69 Å². The molecule has 0 bridgehead atoms. The monoisotopic (exact) mass is 196 g/mol. The first kappa shape index (κ1) is 11.2. The number of para-hydroxylation sites is 1. The van der Waals surface area contributed by atoms with Crippen LogP contribution in [0.5, 0.6) is 0 Å². The van der Waals surface area contributed by atoms with Crippen LogP contribution in [0.4, 0.5) is 0 Å². The second-order valence-electron chi connectivity index (χ2n) is 2.75. The summed E-state index contributed by atoms with van der Waals surface area (Å²) < 4.78 is 0. The van der Waals surface area contributed by atoms with Gasteiger partial charge in [-0.05, 0) is 12.1 Å². The van der Waals surface area contributed by atoms with Crippen LogP contribution in [0.1, 0.15) is 10.5 Å². The van der Waals surface area contributed by atoms with Crippen LogP contribution in [0.15, 0.2) is 36.4 Å². The summed E-state index contributed by atoms with van der Waals surface area (Å²) in [7, 11) is 0. The maximum atomic E-state index is 10.8. The average molecular weight is 196 g/mol. The number of carbonyl (C=O) groups is 1. The van der Waals surface area contributed by atoms with Gasteiger partial charge in [0.1, 0.15) is 5.69 Å². The molecule has 3 nitrogen and oxygen atoms in total. The second-order valence-corrected chi connectivity index (χ2v) is 2.75. The summed E-state index contributed by atoms with van der Waals surface area (Å²) >= 11 is 0. The van der Waals surface area contributed by atoms with Crippen molar-refractivity contribution in [3.63, 3.8) is 0 Å². The van der Waals surface area contributed by atoms with Crippen LogP contribution in [0.2, 0.25) is 0 Å². The minimum atomic E-state index is -0.495. The third kappa shape index (κ3) is 2.12. The Hall–Kier alpha value is -0.900. The third-order valence-corrected chi connectivity index (χ3v) is 1.85. The predicted octanol–water partition coefficient (Wildman–Crippen LogP) is 0.685. The number of amides is 1. The van der Waals surface area contributed by atoms with Crippen molar-refractivity contribution in [2.75, 3.05) is 0 Å². The maximum absolute atomic E-state index is 10.8. The van der Waals surface area contributed by atoms with Crippen molar-refractivity contribution in [3.8, 4) is 0 Å². The zero-order valence-electron chi connectivity index (χ0n) is 6.90. The molecule has 1 heterocycles. The first-order valence-electron chi connectivity index (χ1n) is 3.93. The molecule has 0 saturated carbocycles. The van der Waals surface area contributed by atoms with Gasteiger partial charge in [-0.1, -0.05) is 24.3 Å². The third-order valence-electron chi connectivity index (χ3n) is 1.85. The molecule has 2 N–H and O–H groups in total. The number of fused-ring (bicyclic) bond motifs is 1. The fourth-order valence-corrected chi connectivity index (χ4v) is 1.20. The number of hydrogen-bond acceptors (Lipinski definition) is 2. The molecule has 1 amide bonds. The Labute approximate surface area is 104 Å². The van der Waals surface area contributed by atoms with Crippen LogP contribution < -0.4 is 5.73 Å². The Morgan fingerprint density at radius 1 is 1.14 bits per heavy atom. The first-order chi connectivity index (χ1) is 6.27. The van der Waals surface area contributed by atoms with Crippen LogP contribution in [0.25, 0.3) is 10.9 Å². The van der Waals surface area contributed by atoms with Crippen LogP contribution in [0, 0.1) is 0 Å². The molecule has 0 radical (unpaired) electrons. The molecule has 0 atom stereocenters. The summed E-state index contributed by atoms with van der Waals surface area (Å²) in [5, 5.41) is 1.01. The van der Waals surface area contributed by atoms with E-state index in [9.17, 15) is 4.79 Å². The van der Waals surface area contributed by atoms with Crippen LogP contribution >= 0.6 is 0 Å². The van der Waals surface area contributed by atoms with E-state index in [-0.39, 0.29) is 29.6 Å². The van der Waals surface area contributed by atoms with E-state index < -0.39 is 5.91 Å². The second kappa shape index (κ2) is 4.55. The number of nitrogens with two attached hydrogens (primary N) is 1. The summed E-state index contributed by atoms with van der Waals surface area (Å²) in [6.45, 7) is 0. The van der Waals surface area contributed by atoms with Gasteiger partial charge in [0.05, 0.1) is 5.52 Å². The molecule has 1 aromatic carbocycles. The molecule has 0 fully saturated rings. The number of rotatable bonds is 1. The van der Waals surface area contributed by atoms with E-state index in [0.717, 1.165) is 10.9 Å². The Morgan fingerprint density at radius 3 is 2.57 bits per heavy atom. The molecule has 2 aromatic rings. The van der Waals surface area contributed by atoms with Crippen molar-refractivity contribution in [2.24, 2.45) is 5.73 Å². The molecule has 4 heteroatoms. The van der Waals surface area contributed by atoms with Gasteiger partial charge >= 0.3 is 29.6 Å². The summed E-state index contributed by atoms with van der Waals surface area (Å²) in [6, 6.07) is 11.1. The molecule has 14 heavy (non-hydrogen) atoms. The fourth-order valence-electron chi connectivity index (χ4n) is 1.20. The Bertz CT molecular complexity index is 470. The normalized spacial score (nSPS) is 9.43. The van der Waals surface area contributed by atoms with E-state index in [1.807, 2.05) is 30.3 Å². The number of carbonyl (C=O) groups excluding carboxylic acids is 1. The molecule has 0 saturated heterocycles. The molecular formula is C10H9N2NaO. The van der Waals surface area contributed by atoms with E-state index in [4.69, 9.17) is 5.73 Å². The Kier molecular flexibility index (Phi) is 3.63. The fraction of sp³-hybridized carbons (Fsp3) is 0. The van der Waals surface area contributed by atoms with Crippen molar-refractivity contribution in [1.29, 1.82) is 0 Å². The number of benzene rings is 1. The quantitative estimate of drug-likeness (QED) is 0.682. The zero-order chi connectivity index (χ0) is 9.26. The van der Waals surface area contributed by atoms with E-state index in [2.05, 4.69) is 4.98 Å². The van der Waals surface area contributed by atoms with Gasteiger partial charge in [-0.3, -0.25) is 4.79 Å². The number of aromatic nitrogens is 1. The standard InChI is InChI=1S/C10H8N2O.Na.H/c11-10(13)9-6-5-7-3-1-2-4-8(7)12-9;;/h1-6H,(H2,11,13);;. The van der Waals surface area contributed by atoms with Gasteiger partial charge in [-0.15, -0.1) is 0 Å². The van der Waals surface area contributed by atoms with E-state index >= 15 is 0 Å². The van der Waals surface area contributed by atoms with Crippen LogP contribution in [0.3, 0.4) is 0 Å². The van der Waals surface area contributed by atoms with Crippen molar-refractivity contribution in [1.82, 2.24) is 4.98 Å². The van der Waals surface area contributed by atoms with Gasteiger partial charge in [0.15, 0.2) is 0 Å². The van der Waals surface area contributed by atoms with Crippen molar-refractivity contribution in [3.05, 3.63) is 42.1 Å². The van der Waals surface area contributed by atoms with Gasteiger partial charge in [0.2, 0.25) is 0 Å². The van der Waals surface area contributed by atoms with Gasteiger partial charge < -0.3 is 5.73 Å². The molecule has 0 spiro atoms. The number of pyridine rings is 1. The summed E-state index contributed by atoms with van der Waals surface area (Å²) in [6.07, 6.45) is 0. The average Bonchev–Trinajstić information content (AvgIpc) is 2.17. The molecule has 66 valence electrons. The molecule has 1 aromatic heterocycles. The summed E-state index contributed by atoms with van der Waals surface area (Å²) in [5.74, 6) is -0.495. The first-order valence-corrected chi connectivity index (χ1v) is 3.93. The Morgan fingerprint density at radius 2 is 1.86 bits per heavy atom. The molecule has 2 rings (SSSR count). The number of primary amides is 1. The van der Waals surface area contributed by atoms with Gasteiger partial charge in [-0.2, -0.15) is 0 Å². The van der Waals surface area contributed by atoms with Crippen molar-refractivity contribution < 1.29 is 4.79 Å². The van der Waals surface area contributed by atoms with Gasteiger partial charge in [0.25, 0.3) is 5.91 Å². The minimum absolute atomic E-state index is 0. The summed E-state index contributed by atoms with van der Waals surface area (Å²) in [4.78, 5) is 14.9. The molecule has 0 aliphatic carbocycles. The van der Waals surface area contributed by atoms with Gasteiger partial charge in [-0.25, -0.2) is 4.98 Å². The van der Waals surface area contributed by atoms with E-state index in [1.165, 1.54) is 0 Å². The molecule has 0 aliphatic rings. The molecule has 0 aliphatic heterocycles. The SMILES string of the molecule is NC(=O)c1ccc2ccccc2n1.[NaH].